The van der Waals surface area contributed by atoms with Gasteiger partial charge in [-0.15, -0.1) is 12.4 Å². The minimum atomic E-state index is -0.394. The molecule has 7 heteroatoms. The molecule has 0 fully saturated rings. The average molecular weight is 302 g/mol. The largest absolute Gasteiger partial charge is 0.306 e. The predicted molar refractivity (Wildman–Crippen MR) is 78.6 cm³/mol. The smallest absolute Gasteiger partial charge is 0.109 e. The average Bonchev–Trinajstić information content (AvgIpc) is 2.99. The normalized spacial score (nSPS) is 10.8. The van der Waals surface area contributed by atoms with Crippen molar-refractivity contribution in [3.8, 4) is 0 Å². The molecule has 2 heterocycles. The lowest BCUT2D eigenvalue weighted by Crippen LogP contribution is -2.19. The number of aromatic nitrogens is 4. The molecule has 112 valence electrons. The molecule has 0 saturated heterocycles. The van der Waals surface area contributed by atoms with Crippen molar-refractivity contribution >= 4 is 12.4 Å². The van der Waals surface area contributed by atoms with Crippen molar-refractivity contribution in [1.29, 1.82) is 0 Å². The van der Waals surface area contributed by atoms with Crippen LogP contribution in [0.4, 0.5) is 4.39 Å². The third-order valence-electron chi connectivity index (χ3n) is 2.95. The van der Waals surface area contributed by atoms with Crippen molar-refractivity contribution < 1.29 is 4.39 Å². The number of halogens is 2. The van der Waals surface area contributed by atoms with Gasteiger partial charge in [-0.05, 0) is 26.0 Å². The SMILES string of the molecule is CC(C)n1nccc1CNCc1ccnn1CCF.Cl. The summed E-state index contributed by atoms with van der Waals surface area (Å²) in [5.74, 6) is 0. The number of nitrogens with zero attached hydrogens (tertiary/aromatic N) is 4. The molecular weight excluding hydrogens is 281 g/mol. The van der Waals surface area contributed by atoms with Gasteiger partial charge in [0.05, 0.1) is 17.9 Å². The van der Waals surface area contributed by atoms with E-state index in [1.165, 1.54) is 0 Å². The summed E-state index contributed by atoms with van der Waals surface area (Å²) in [7, 11) is 0. The molecule has 2 rings (SSSR count). The van der Waals surface area contributed by atoms with Crippen LogP contribution in [0.25, 0.3) is 0 Å². The first-order valence-electron chi connectivity index (χ1n) is 6.52. The van der Waals surface area contributed by atoms with Gasteiger partial charge in [0.25, 0.3) is 0 Å². The molecule has 0 unspecified atom stereocenters. The minimum Gasteiger partial charge on any atom is -0.306 e. The summed E-state index contributed by atoms with van der Waals surface area (Å²) < 4.78 is 16.0. The molecule has 5 nitrogen and oxygen atoms in total. The lowest BCUT2D eigenvalue weighted by molar-refractivity contribution is 0.416. The highest BCUT2D eigenvalue weighted by Crippen LogP contribution is 2.08. The third kappa shape index (κ3) is 4.05. The molecule has 0 radical (unpaired) electrons. The van der Waals surface area contributed by atoms with Crippen molar-refractivity contribution in [3.05, 3.63) is 35.9 Å². The van der Waals surface area contributed by atoms with E-state index in [4.69, 9.17) is 0 Å². The first kappa shape index (κ1) is 16.7. The van der Waals surface area contributed by atoms with Gasteiger partial charge < -0.3 is 5.32 Å². The molecule has 0 atom stereocenters. The fourth-order valence-electron chi connectivity index (χ4n) is 2.06. The highest BCUT2D eigenvalue weighted by Gasteiger charge is 2.06. The van der Waals surface area contributed by atoms with Gasteiger partial charge in [0.15, 0.2) is 0 Å². The van der Waals surface area contributed by atoms with E-state index in [1.807, 2.05) is 23.0 Å². The van der Waals surface area contributed by atoms with Gasteiger partial charge in [-0.1, -0.05) is 0 Å². The summed E-state index contributed by atoms with van der Waals surface area (Å²) in [6, 6.07) is 4.26. The number of alkyl halides is 1. The Morgan fingerprint density at radius 1 is 1.15 bits per heavy atom. The van der Waals surface area contributed by atoms with E-state index in [0.717, 1.165) is 17.9 Å². The fourth-order valence-corrected chi connectivity index (χ4v) is 2.06. The second kappa shape index (κ2) is 8.01. The molecule has 2 aromatic rings. The third-order valence-corrected chi connectivity index (χ3v) is 2.95. The van der Waals surface area contributed by atoms with Crippen molar-refractivity contribution in [2.75, 3.05) is 6.67 Å². The van der Waals surface area contributed by atoms with E-state index in [-0.39, 0.29) is 12.4 Å². The van der Waals surface area contributed by atoms with E-state index in [9.17, 15) is 4.39 Å². The van der Waals surface area contributed by atoms with Crippen LogP contribution in [0.15, 0.2) is 24.5 Å². The maximum absolute atomic E-state index is 12.3. The number of hydrogen-bond donors (Lipinski definition) is 1. The Labute approximate surface area is 124 Å². The molecule has 0 spiro atoms. The maximum atomic E-state index is 12.3. The molecule has 0 aliphatic heterocycles. The predicted octanol–water partition coefficient (Wildman–Crippen LogP) is 2.34. The van der Waals surface area contributed by atoms with Gasteiger partial charge in [-0.25, -0.2) is 4.39 Å². The Morgan fingerprint density at radius 3 is 2.50 bits per heavy atom. The molecule has 20 heavy (non-hydrogen) atoms. The monoisotopic (exact) mass is 301 g/mol. The molecule has 0 aliphatic carbocycles. The van der Waals surface area contributed by atoms with E-state index < -0.39 is 6.67 Å². The van der Waals surface area contributed by atoms with Crippen LogP contribution < -0.4 is 5.32 Å². The number of rotatable bonds is 7. The summed E-state index contributed by atoms with van der Waals surface area (Å²) in [6.07, 6.45) is 3.51. The summed E-state index contributed by atoms with van der Waals surface area (Å²) in [4.78, 5) is 0. The maximum Gasteiger partial charge on any atom is 0.109 e. The zero-order chi connectivity index (χ0) is 13.7. The quantitative estimate of drug-likeness (QED) is 0.854. The van der Waals surface area contributed by atoms with Crippen LogP contribution in [0.2, 0.25) is 0 Å². The van der Waals surface area contributed by atoms with Gasteiger partial charge in [0.2, 0.25) is 0 Å². The van der Waals surface area contributed by atoms with Crippen LogP contribution in [0.3, 0.4) is 0 Å². The van der Waals surface area contributed by atoms with Crippen molar-refractivity contribution in [2.24, 2.45) is 0 Å². The molecule has 2 aromatic heterocycles. The first-order chi connectivity index (χ1) is 9.22. The summed E-state index contributed by atoms with van der Waals surface area (Å²) in [5, 5.41) is 11.7. The zero-order valence-corrected chi connectivity index (χ0v) is 12.6. The van der Waals surface area contributed by atoms with Crippen molar-refractivity contribution in [3.63, 3.8) is 0 Å². The Kier molecular flexibility index (Phi) is 6.67. The Morgan fingerprint density at radius 2 is 1.80 bits per heavy atom. The van der Waals surface area contributed by atoms with Gasteiger partial charge in [0.1, 0.15) is 6.67 Å². The lowest BCUT2D eigenvalue weighted by Gasteiger charge is -2.12. The van der Waals surface area contributed by atoms with Crippen LogP contribution in [0, 0.1) is 0 Å². The van der Waals surface area contributed by atoms with Crippen molar-refractivity contribution in [2.45, 2.75) is 39.5 Å². The van der Waals surface area contributed by atoms with Gasteiger partial charge >= 0.3 is 0 Å². The second-order valence-electron chi connectivity index (χ2n) is 4.70. The van der Waals surface area contributed by atoms with Gasteiger partial charge in [-0.3, -0.25) is 9.36 Å². The van der Waals surface area contributed by atoms with E-state index in [1.54, 1.807) is 10.9 Å². The minimum absolute atomic E-state index is 0. The van der Waals surface area contributed by atoms with E-state index in [0.29, 0.717) is 19.1 Å². The van der Waals surface area contributed by atoms with Crippen LogP contribution in [-0.4, -0.2) is 26.2 Å². The highest BCUT2D eigenvalue weighted by atomic mass is 35.5. The topological polar surface area (TPSA) is 47.7 Å². The van der Waals surface area contributed by atoms with Gasteiger partial charge in [0, 0.05) is 31.5 Å². The fraction of sp³-hybridized carbons (Fsp3) is 0.538. The van der Waals surface area contributed by atoms with Crippen LogP contribution in [0.5, 0.6) is 0 Å². The molecule has 1 N–H and O–H groups in total. The van der Waals surface area contributed by atoms with Crippen LogP contribution in [-0.2, 0) is 19.6 Å². The first-order valence-corrected chi connectivity index (χ1v) is 6.52. The summed E-state index contributed by atoms with van der Waals surface area (Å²) in [6.45, 7) is 5.53. The van der Waals surface area contributed by atoms with Crippen LogP contribution in [0.1, 0.15) is 31.3 Å². The molecule has 0 saturated carbocycles. The van der Waals surface area contributed by atoms with Crippen molar-refractivity contribution in [1.82, 2.24) is 24.9 Å². The summed E-state index contributed by atoms with van der Waals surface area (Å²) >= 11 is 0. The molecule has 0 aromatic carbocycles. The lowest BCUT2D eigenvalue weighted by atomic mass is 10.3. The summed E-state index contributed by atoms with van der Waals surface area (Å²) in [5.41, 5.74) is 2.14. The van der Waals surface area contributed by atoms with E-state index >= 15 is 0 Å². The molecule has 0 amide bonds. The second-order valence-corrected chi connectivity index (χ2v) is 4.70. The standard InChI is InChI=1S/C13H20FN5.ClH/c1-11(2)19-13(4-7-17-19)10-15-9-12-3-6-16-18(12)8-5-14;/h3-4,6-7,11,15H,5,8-10H2,1-2H3;1H. The molecule has 0 aliphatic rings. The number of nitrogens with one attached hydrogen (secondary N) is 1. The zero-order valence-electron chi connectivity index (χ0n) is 11.8. The molecular formula is C13H21ClFN5. The molecule has 0 bridgehead atoms. The van der Waals surface area contributed by atoms with Gasteiger partial charge in [-0.2, -0.15) is 10.2 Å². The Balaban J connectivity index is 0.00000200. The highest BCUT2D eigenvalue weighted by molar-refractivity contribution is 5.85. The Bertz CT molecular complexity index is 508. The number of hydrogen-bond acceptors (Lipinski definition) is 3. The Hall–Kier alpha value is -1.40. The number of aryl methyl sites for hydroxylation is 1. The van der Waals surface area contributed by atoms with Crippen LogP contribution >= 0.6 is 12.4 Å². The van der Waals surface area contributed by atoms with E-state index in [2.05, 4.69) is 29.4 Å².